The van der Waals surface area contributed by atoms with Crippen molar-refractivity contribution < 1.29 is 28.5 Å². The van der Waals surface area contributed by atoms with Gasteiger partial charge in [-0.3, -0.25) is 4.79 Å². The first-order valence-electron chi connectivity index (χ1n) is 6.19. The van der Waals surface area contributed by atoms with Gasteiger partial charge in [0.1, 0.15) is 6.04 Å². The van der Waals surface area contributed by atoms with E-state index in [-0.39, 0.29) is 12.2 Å². The van der Waals surface area contributed by atoms with Crippen LogP contribution < -0.4 is 4.72 Å². The van der Waals surface area contributed by atoms with Crippen molar-refractivity contribution in [1.82, 2.24) is 4.72 Å². The largest absolute Gasteiger partial charge is 0.504 e. The van der Waals surface area contributed by atoms with Crippen LogP contribution in [0.3, 0.4) is 0 Å². The zero-order chi connectivity index (χ0) is 16.4. The highest BCUT2D eigenvalue weighted by molar-refractivity contribution is 7.90. The molecule has 0 spiro atoms. The molecule has 0 aliphatic carbocycles. The third-order valence-electron chi connectivity index (χ3n) is 2.88. The zero-order valence-corrected chi connectivity index (χ0v) is 12.8. The Balaban J connectivity index is 2.99. The Kier molecular flexibility index (Phi) is 4.85. The minimum Gasteiger partial charge on any atom is -0.504 e. The number of carboxylic acid groups (broad SMARTS) is 1. The van der Waals surface area contributed by atoms with E-state index in [4.69, 9.17) is 5.11 Å². The van der Waals surface area contributed by atoms with Crippen LogP contribution in [0.5, 0.6) is 11.5 Å². The van der Waals surface area contributed by atoms with Crippen LogP contribution in [0.1, 0.15) is 26.3 Å². The number of phenols is 2. The summed E-state index contributed by atoms with van der Waals surface area (Å²) in [6.07, 6.45) is -0.154. The molecule has 0 aliphatic heterocycles. The average Bonchev–Trinajstić information content (AvgIpc) is 2.31. The molecule has 0 fully saturated rings. The van der Waals surface area contributed by atoms with E-state index in [0.29, 0.717) is 5.56 Å². The molecule has 0 bridgehead atoms. The van der Waals surface area contributed by atoms with E-state index >= 15 is 0 Å². The third kappa shape index (κ3) is 4.33. The van der Waals surface area contributed by atoms with Gasteiger partial charge in [-0.2, -0.15) is 0 Å². The molecule has 0 aliphatic rings. The van der Waals surface area contributed by atoms with Crippen molar-refractivity contribution in [3.8, 4) is 11.5 Å². The van der Waals surface area contributed by atoms with E-state index in [1.54, 1.807) is 0 Å². The molecule has 0 aromatic heterocycles. The van der Waals surface area contributed by atoms with Crippen LogP contribution in [0.25, 0.3) is 0 Å². The van der Waals surface area contributed by atoms with Crippen LogP contribution in [0.2, 0.25) is 0 Å². The molecule has 0 amide bonds. The van der Waals surface area contributed by atoms with E-state index in [1.807, 2.05) is 0 Å². The predicted octanol–water partition coefficient (Wildman–Crippen LogP) is 0.811. The zero-order valence-electron chi connectivity index (χ0n) is 12.0. The standard InChI is InChI=1S/C13H19NO6S/c1-13(2,3)21(19,20)14-9(12(17)18)6-8-4-5-10(15)11(16)7-8/h4-5,7,9,14-16H,6H2,1-3H3,(H,17,18). The van der Waals surface area contributed by atoms with E-state index in [2.05, 4.69) is 4.72 Å². The number of sulfonamides is 1. The fourth-order valence-corrected chi connectivity index (χ4v) is 2.39. The van der Waals surface area contributed by atoms with Crippen LogP contribution in [-0.2, 0) is 21.2 Å². The highest BCUT2D eigenvalue weighted by atomic mass is 32.2. The van der Waals surface area contributed by atoms with Crippen LogP contribution in [0, 0.1) is 0 Å². The number of aromatic hydroxyl groups is 2. The van der Waals surface area contributed by atoms with Gasteiger partial charge in [0.05, 0.1) is 4.75 Å². The number of carboxylic acids is 1. The molecule has 4 N–H and O–H groups in total. The number of carbonyl (C=O) groups is 1. The minimum atomic E-state index is -3.82. The van der Waals surface area contributed by atoms with E-state index in [9.17, 15) is 23.4 Å². The van der Waals surface area contributed by atoms with Gasteiger partial charge in [0.2, 0.25) is 10.0 Å². The predicted molar refractivity (Wildman–Crippen MR) is 76.7 cm³/mol. The van der Waals surface area contributed by atoms with E-state index in [1.165, 1.54) is 39.0 Å². The second-order valence-electron chi connectivity index (χ2n) is 5.65. The minimum absolute atomic E-state index is 0.154. The molecule has 0 radical (unpaired) electrons. The van der Waals surface area contributed by atoms with Crippen molar-refractivity contribution in [3.05, 3.63) is 23.8 Å². The average molecular weight is 317 g/mol. The lowest BCUT2D eigenvalue weighted by Gasteiger charge is -2.23. The molecule has 1 unspecified atom stereocenters. The second-order valence-corrected chi connectivity index (χ2v) is 8.12. The van der Waals surface area contributed by atoms with Gasteiger partial charge in [0.15, 0.2) is 11.5 Å². The van der Waals surface area contributed by atoms with Crippen molar-refractivity contribution in [2.75, 3.05) is 0 Å². The molecule has 1 aromatic rings. The number of nitrogens with one attached hydrogen (secondary N) is 1. The van der Waals surface area contributed by atoms with Gasteiger partial charge in [-0.05, 0) is 44.9 Å². The maximum Gasteiger partial charge on any atom is 0.322 e. The maximum atomic E-state index is 12.0. The molecular weight excluding hydrogens is 298 g/mol. The first-order chi connectivity index (χ1) is 9.44. The summed E-state index contributed by atoms with van der Waals surface area (Å²) in [7, 11) is -3.82. The summed E-state index contributed by atoms with van der Waals surface area (Å²) >= 11 is 0. The maximum absolute atomic E-state index is 12.0. The van der Waals surface area contributed by atoms with Crippen LogP contribution >= 0.6 is 0 Å². The summed E-state index contributed by atoms with van der Waals surface area (Å²) in [4.78, 5) is 11.2. The molecule has 8 heteroatoms. The van der Waals surface area contributed by atoms with Crippen molar-refractivity contribution in [2.45, 2.75) is 38.0 Å². The highest BCUT2D eigenvalue weighted by Gasteiger charge is 2.33. The normalized spacial score (nSPS) is 13.9. The summed E-state index contributed by atoms with van der Waals surface area (Å²) < 4.78 is 25.0. The van der Waals surface area contributed by atoms with Crippen molar-refractivity contribution in [2.24, 2.45) is 0 Å². The van der Waals surface area contributed by atoms with Gasteiger partial charge in [-0.15, -0.1) is 0 Å². The molecular formula is C13H19NO6S. The summed E-state index contributed by atoms with van der Waals surface area (Å²) in [5.74, 6) is -2.05. The third-order valence-corrected chi connectivity index (χ3v) is 5.09. The Morgan fingerprint density at radius 3 is 2.24 bits per heavy atom. The van der Waals surface area contributed by atoms with Gasteiger partial charge in [-0.1, -0.05) is 6.07 Å². The Bertz CT molecular complexity index is 633. The fourth-order valence-electron chi connectivity index (χ4n) is 1.48. The summed E-state index contributed by atoms with van der Waals surface area (Å²) in [5.41, 5.74) is 0.384. The topological polar surface area (TPSA) is 124 Å². The lowest BCUT2D eigenvalue weighted by molar-refractivity contribution is -0.138. The number of aliphatic carboxylic acids is 1. The number of benzene rings is 1. The molecule has 1 rings (SSSR count). The summed E-state index contributed by atoms with van der Waals surface area (Å²) in [5, 5.41) is 27.7. The summed E-state index contributed by atoms with van der Waals surface area (Å²) in [6.45, 7) is 4.38. The number of phenolic OH excluding ortho intramolecular Hbond substituents is 2. The fraction of sp³-hybridized carbons (Fsp3) is 0.462. The van der Waals surface area contributed by atoms with Gasteiger partial charge >= 0.3 is 5.97 Å². The highest BCUT2D eigenvalue weighted by Crippen LogP contribution is 2.25. The molecule has 7 nitrogen and oxygen atoms in total. The van der Waals surface area contributed by atoms with Crippen LogP contribution in [-0.4, -0.2) is 40.5 Å². The Morgan fingerprint density at radius 1 is 1.24 bits per heavy atom. The molecule has 0 saturated heterocycles. The van der Waals surface area contributed by atoms with Gasteiger partial charge in [0.25, 0.3) is 0 Å². The van der Waals surface area contributed by atoms with Gasteiger partial charge < -0.3 is 15.3 Å². The number of hydrogen-bond acceptors (Lipinski definition) is 5. The van der Waals surface area contributed by atoms with Crippen molar-refractivity contribution in [1.29, 1.82) is 0 Å². The van der Waals surface area contributed by atoms with Crippen molar-refractivity contribution >= 4 is 16.0 Å². The quantitative estimate of drug-likeness (QED) is 0.596. The molecule has 1 aromatic carbocycles. The monoisotopic (exact) mass is 317 g/mol. The van der Waals surface area contributed by atoms with E-state index < -0.39 is 32.5 Å². The molecule has 118 valence electrons. The SMILES string of the molecule is CC(C)(C)S(=O)(=O)NC(Cc1ccc(O)c(O)c1)C(=O)O. The lowest BCUT2D eigenvalue weighted by Crippen LogP contribution is -2.48. The Hall–Kier alpha value is -1.80. The smallest absolute Gasteiger partial charge is 0.322 e. The first kappa shape index (κ1) is 17.3. The molecule has 0 saturated carbocycles. The number of rotatable bonds is 5. The summed E-state index contributed by atoms with van der Waals surface area (Å²) in [6, 6.07) is 2.45. The number of hydrogen-bond donors (Lipinski definition) is 4. The lowest BCUT2D eigenvalue weighted by atomic mass is 10.1. The molecule has 1 atom stereocenters. The van der Waals surface area contributed by atoms with E-state index in [0.717, 1.165) is 0 Å². The molecule has 21 heavy (non-hydrogen) atoms. The van der Waals surface area contributed by atoms with Crippen LogP contribution in [0.4, 0.5) is 0 Å². The van der Waals surface area contributed by atoms with Crippen molar-refractivity contribution in [3.63, 3.8) is 0 Å². The van der Waals surface area contributed by atoms with Gasteiger partial charge in [0, 0.05) is 0 Å². The van der Waals surface area contributed by atoms with Crippen LogP contribution in [0.15, 0.2) is 18.2 Å². The second kappa shape index (κ2) is 5.90. The first-order valence-corrected chi connectivity index (χ1v) is 7.68. The molecule has 0 heterocycles. The van der Waals surface area contributed by atoms with Gasteiger partial charge in [-0.25, -0.2) is 13.1 Å². The Labute approximate surface area is 123 Å². The Morgan fingerprint density at radius 2 is 1.81 bits per heavy atom.